The van der Waals surface area contributed by atoms with Gasteiger partial charge in [0.25, 0.3) is 5.88 Å². The molecule has 2 N–H and O–H groups in total. The van der Waals surface area contributed by atoms with Gasteiger partial charge in [-0.1, -0.05) is 6.08 Å². The van der Waals surface area contributed by atoms with E-state index < -0.39 is 0 Å². The van der Waals surface area contributed by atoms with Gasteiger partial charge in [0.15, 0.2) is 0 Å². The topological polar surface area (TPSA) is 78.3 Å². The van der Waals surface area contributed by atoms with Gasteiger partial charge in [0, 0.05) is 23.6 Å². The average Bonchev–Trinajstić information content (AvgIpc) is 2.91. The Morgan fingerprint density at radius 1 is 1.40 bits per heavy atom. The van der Waals surface area contributed by atoms with Crippen molar-refractivity contribution in [1.82, 2.24) is 19.6 Å². The van der Waals surface area contributed by atoms with Crippen LogP contribution in [0.15, 0.2) is 49.6 Å². The van der Waals surface area contributed by atoms with Gasteiger partial charge in [-0.05, 0) is 24.6 Å². The average molecular weight is 267 g/mol. The predicted octanol–water partition coefficient (Wildman–Crippen LogP) is 2.23. The molecule has 20 heavy (non-hydrogen) atoms. The molecule has 0 radical (unpaired) electrons. The van der Waals surface area contributed by atoms with Crippen LogP contribution in [0.2, 0.25) is 0 Å². The molecule has 0 atom stereocenters. The lowest BCUT2D eigenvalue weighted by Crippen LogP contribution is -1.97. The van der Waals surface area contributed by atoms with Crippen molar-refractivity contribution in [2.75, 3.05) is 5.73 Å². The van der Waals surface area contributed by atoms with Crippen molar-refractivity contribution in [3.05, 3.63) is 55.1 Å². The lowest BCUT2D eigenvalue weighted by Gasteiger charge is -2.10. The molecular weight excluding hydrogens is 254 g/mol. The molecule has 3 rings (SSSR count). The summed E-state index contributed by atoms with van der Waals surface area (Å²) in [7, 11) is 0. The molecule has 6 heteroatoms. The Bertz CT molecular complexity index is 765. The zero-order chi connectivity index (χ0) is 13.9. The summed E-state index contributed by atoms with van der Waals surface area (Å²) in [4.78, 5) is 4.20. The third-order valence-electron chi connectivity index (χ3n) is 2.84. The summed E-state index contributed by atoms with van der Waals surface area (Å²) in [5, 5.41) is 7.82. The molecule has 0 aliphatic heterocycles. The smallest absolute Gasteiger partial charge is 0.265 e. The van der Waals surface area contributed by atoms with Crippen LogP contribution >= 0.6 is 0 Å². The van der Waals surface area contributed by atoms with Crippen molar-refractivity contribution in [3.8, 4) is 11.6 Å². The first-order valence-electron chi connectivity index (χ1n) is 6.09. The maximum Gasteiger partial charge on any atom is 0.265 e. The van der Waals surface area contributed by atoms with Crippen LogP contribution in [-0.4, -0.2) is 19.6 Å². The van der Waals surface area contributed by atoms with Gasteiger partial charge in [-0.3, -0.25) is 4.40 Å². The lowest BCUT2D eigenvalue weighted by molar-refractivity contribution is 0.460. The van der Waals surface area contributed by atoms with Gasteiger partial charge in [0.2, 0.25) is 5.65 Å². The highest BCUT2D eigenvalue weighted by Gasteiger charge is 2.10. The fourth-order valence-electron chi connectivity index (χ4n) is 1.93. The summed E-state index contributed by atoms with van der Waals surface area (Å²) in [5.74, 6) is 1.09. The van der Waals surface area contributed by atoms with Crippen molar-refractivity contribution < 1.29 is 4.74 Å². The first-order valence-corrected chi connectivity index (χ1v) is 6.09. The largest absolute Gasteiger partial charge is 0.436 e. The number of hydrogen-bond donors (Lipinski definition) is 1. The van der Waals surface area contributed by atoms with Crippen molar-refractivity contribution in [1.29, 1.82) is 0 Å². The summed E-state index contributed by atoms with van der Waals surface area (Å²) in [6, 6.07) is 5.46. The molecule has 0 fully saturated rings. The molecule has 0 aliphatic rings. The molecule has 0 unspecified atom stereocenters. The number of fused-ring (bicyclic) bond motifs is 1. The summed E-state index contributed by atoms with van der Waals surface area (Å²) < 4.78 is 7.59. The van der Waals surface area contributed by atoms with Crippen LogP contribution in [0.1, 0.15) is 5.56 Å². The first-order chi connectivity index (χ1) is 9.78. The second-order valence-electron chi connectivity index (χ2n) is 4.26. The maximum atomic E-state index is 5.85. The van der Waals surface area contributed by atoms with Crippen LogP contribution in [0.5, 0.6) is 11.6 Å². The minimum absolute atomic E-state index is 0.403. The van der Waals surface area contributed by atoms with E-state index >= 15 is 0 Å². The number of anilines is 1. The van der Waals surface area contributed by atoms with E-state index in [4.69, 9.17) is 10.5 Å². The quantitative estimate of drug-likeness (QED) is 0.579. The molecule has 6 nitrogen and oxygen atoms in total. The summed E-state index contributed by atoms with van der Waals surface area (Å²) in [5.41, 5.74) is 7.99. The summed E-state index contributed by atoms with van der Waals surface area (Å²) >= 11 is 0. The summed E-state index contributed by atoms with van der Waals surface area (Å²) in [6.07, 6.45) is 7.45. The normalized spacial score (nSPS) is 10.6. The van der Waals surface area contributed by atoms with E-state index in [1.54, 1.807) is 35.3 Å². The monoisotopic (exact) mass is 267 g/mol. The molecule has 0 bridgehead atoms. The van der Waals surface area contributed by atoms with E-state index in [-0.39, 0.29) is 0 Å². The van der Waals surface area contributed by atoms with Gasteiger partial charge in [-0.15, -0.1) is 16.8 Å². The van der Waals surface area contributed by atoms with Crippen LogP contribution in [0.3, 0.4) is 0 Å². The third kappa shape index (κ3) is 2.18. The number of nitrogen functional groups attached to an aromatic ring is 1. The highest BCUT2D eigenvalue weighted by Crippen LogP contribution is 2.28. The molecule has 0 saturated carbocycles. The van der Waals surface area contributed by atoms with Gasteiger partial charge in [0.05, 0.1) is 0 Å². The number of nitrogens with zero attached hydrogens (tertiary/aromatic N) is 4. The Kier molecular flexibility index (Phi) is 3.04. The minimum atomic E-state index is 0.403. The number of hydrogen-bond acceptors (Lipinski definition) is 5. The van der Waals surface area contributed by atoms with Crippen LogP contribution < -0.4 is 10.5 Å². The zero-order valence-corrected chi connectivity index (χ0v) is 10.7. The molecule has 2 aromatic heterocycles. The second kappa shape index (κ2) is 5.00. The van der Waals surface area contributed by atoms with Crippen LogP contribution in [0.25, 0.3) is 5.65 Å². The Morgan fingerprint density at radius 3 is 3.15 bits per heavy atom. The lowest BCUT2D eigenvalue weighted by atomic mass is 10.1. The molecule has 0 spiro atoms. The summed E-state index contributed by atoms with van der Waals surface area (Å²) in [6.45, 7) is 3.74. The Labute approximate surface area is 115 Å². The zero-order valence-electron chi connectivity index (χ0n) is 10.7. The molecule has 2 heterocycles. The molecule has 3 aromatic rings. The number of nitrogens with two attached hydrogens (primary N) is 1. The van der Waals surface area contributed by atoms with E-state index in [1.165, 1.54) is 0 Å². The van der Waals surface area contributed by atoms with Crippen LogP contribution in [-0.2, 0) is 6.42 Å². The Morgan fingerprint density at radius 2 is 2.30 bits per heavy atom. The van der Waals surface area contributed by atoms with E-state index in [1.807, 2.05) is 12.1 Å². The predicted molar refractivity (Wildman–Crippen MR) is 75.6 cm³/mol. The number of allylic oxidation sites excluding steroid dienone is 1. The van der Waals surface area contributed by atoms with Gasteiger partial charge >= 0.3 is 0 Å². The number of ether oxygens (including phenoxy) is 1. The molecule has 100 valence electrons. The van der Waals surface area contributed by atoms with Gasteiger partial charge in [-0.25, -0.2) is 4.98 Å². The number of aromatic nitrogens is 4. The highest BCUT2D eigenvalue weighted by atomic mass is 16.5. The maximum absolute atomic E-state index is 5.85. The molecule has 0 saturated heterocycles. The van der Waals surface area contributed by atoms with Crippen molar-refractivity contribution in [2.24, 2.45) is 0 Å². The van der Waals surface area contributed by atoms with Crippen molar-refractivity contribution >= 4 is 11.3 Å². The van der Waals surface area contributed by atoms with Crippen LogP contribution in [0, 0.1) is 0 Å². The Hall–Kier alpha value is -2.89. The van der Waals surface area contributed by atoms with E-state index in [2.05, 4.69) is 21.8 Å². The molecular formula is C14H13N5O. The third-order valence-corrected chi connectivity index (χ3v) is 2.84. The molecule has 0 aliphatic carbocycles. The van der Waals surface area contributed by atoms with Crippen molar-refractivity contribution in [2.45, 2.75) is 6.42 Å². The first kappa shape index (κ1) is 12.2. The standard InChI is InChI=1S/C14H13N5O/c1-2-3-10-8-11(15)4-5-12(10)20-14-13-18-17-9-19(13)7-6-16-14/h2,4-9H,1,3,15H2. The SMILES string of the molecule is C=CCc1cc(N)ccc1Oc1nccn2cnnc12. The number of rotatable bonds is 4. The van der Waals surface area contributed by atoms with E-state index in [9.17, 15) is 0 Å². The van der Waals surface area contributed by atoms with Gasteiger partial charge < -0.3 is 10.5 Å². The van der Waals surface area contributed by atoms with E-state index in [0.29, 0.717) is 29.4 Å². The second-order valence-corrected chi connectivity index (χ2v) is 4.26. The van der Waals surface area contributed by atoms with Gasteiger partial charge in [-0.2, -0.15) is 0 Å². The minimum Gasteiger partial charge on any atom is -0.436 e. The van der Waals surface area contributed by atoms with E-state index in [0.717, 1.165) is 5.56 Å². The highest BCUT2D eigenvalue weighted by molar-refractivity contribution is 5.53. The van der Waals surface area contributed by atoms with Gasteiger partial charge in [0.1, 0.15) is 12.1 Å². The molecule has 1 aromatic carbocycles. The fourth-order valence-corrected chi connectivity index (χ4v) is 1.93. The van der Waals surface area contributed by atoms with Crippen molar-refractivity contribution in [3.63, 3.8) is 0 Å². The fraction of sp³-hybridized carbons (Fsp3) is 0.0714. The Balaban J connectivity index is 2.02. The molecule has 0 amide bonds. The number of benzene rings is 1. The van der Waals surface area contributed by atoms with Crippen LogP contribution in [0.4, 0.5) is 5.69 Å².